The molecular formula is C23H23ClN4O2. The van der Waals surface area contributed by atoms with Gasteiger partial charge in [-0.2, -0.15) is 0 Å². The molecule has 0 aliphatic rings. The number of pyridine rings is 1. The first-order chi connectivity index (χ1) is 14.4. The van der Waals surface area contributed by atoms with Crippen molar-refractivity contribution in [1.29, 1.82) is 0 Å². The molecule has 1 atom stereocenters. The number of nitrogens with zero attached hydrogens (tertiary/aromatic N) is 2. The zero-order valence-corrected chi connectivity index (χ0v) is 17.6. The Morgan fingerprint density at radius 3 is 2.33 bits per heavy atom. The largest absolute Gasteiger partial charge is 0.363 e. The molecule has 0 fully saturated rings. The third-order valence-electron chi connectivity index (χ3n) is 4.51. The zero-order chi connectivity index (χ0) is 21.5. The number of halogens is 1. The molecular weight excluding hydrogens is 400 g/mol. The van der Waals surface area contributed by atoms with Crippen LogP contribution in [-0.2, 0) is 4.79 Å². The van der Waals surface area contributed by atoms with E-state index in [1.54, 1.807) is 36.5 Å². The van der Waals surface area contributed by atoms with Gasteiger partial charge in [0.25, 0.3) is 5.91 Å². The standard InChI is InChI=1S/C23H23ClN4O2/c1-28(2)21-13-12-17(15-25-21)26-22(29)14-20(16-8-4-3-5-9-16)27-23(30)18-10-6-7-11-19(18)24/h3-13,15,20H,14H2,1-2H3,(H,26,29)(H,27,30). The van der Waals surface area contributed by atoms with E-state index in [0.29, 0.717) is 16.3 Å². The molecule has 7 heteroatoms. The molecule has 2 amide bonds. The van der Waals surface area contributed by atoms with Crippen molar-refractivity contribution in [3.05, 3.63) is 89.1 Å². The second kappa shape index (κ2) is 9.89. The van der Waals surface area contributed by atoms with Crippen molar-refractivity contribution in [2.24, 2.45) is 0 Å². The summed E-state index contributed by atoms with van der Waals surface area (Å²) >= 11 is 6.15. The molecule has 3 rings (SSSR count). The maximum absolute atomic E-state index is 12.7. The molecule has 3 aromatic rings. The summed E-state index contributed by atoms with van der Waals surface area (Å²) in [4.78, 5) is 31.6. The molecule has 1 aromatic heterocycles. The summed E-state index contributed by atoms with van der Waals surface area (Å²) in [6, 6.07) is 19.3. The van der Waals surface area contributed by atoms with E-state index in [0.717, 1.165) is 11.4 Å². The summed E-state index contributed by atoms with van der Waals surface area (Å²) in [5.74, 6) is 0.226. The fourth-order valence-electron chi connectivity index (χ4n) is 2.94. The Kier molecular flexibility index (Phi) is 7.03. The van der Waals surface area contributed by atoms with Crippen molar-refractivity contribution >= 4 is 34.9 Å². The number of nitrogens with one attached hydrogen (secondary N) is 2. The van der Waals surface area contributed by atoms with Gasteiger partial charge in [0.15, 0.2) is 0 Å². The second-order valence-electron chi connectivity index (χ2n) is 6.97. The number of benzene rings is 2. The summed E-state index contributed by atoms with van der Waals surface area (Å²) < 4.78 is 0. The number of anilines is 2. The average molecular weight is 423 g/mol. The summed E-state index contributed by atoms with van der Waals surface area (Å²) in [7, 11) is 3.79. The molecule has 0 spiro atoms. The fraction of sp³-hybridized carbons (Fsp3) is 0.174. The van der Waals surface area contributed by atoms with Crippen LogP contribution in [0.5, 0.6) is 0 Å². The van der Waals surface area contributed by atoms with Crippen molar-refractivity contribution in [2.45, 2.75) is 12.5 Å². The molecule has 2 N–H and O–H groups in total. The Bertz CT molecular complexity index is 1010. The molecule has 6 nitrogen and oxygen atoms in total. The number of hydrogen-bond donors (Lipinski definition) is 2. The maximum atomic E-state index is 12.7. The van der Waals surface area contributed by atoms with Crippen molar-refractivity contribution < 1.29 is 9.59 Å². The van der Waals surface area contributed by atoms with Crippen LogP contribution >= 0.6 is 11.6 Å². The van der Waals surface area contributed by atoms with E-state index in [4.69, 9.17) is 11.6 Å². The summed E-state index contributed by atoms with van der Waals surface area (Å²) in [6.07, 6.45) is 1.67. The monoisotopic (exact) mass is 422 g/mol. The SMILES string of the molecule is CN(C)c1ccc(NC(=O)CC(NC(=O)c2ccccc2Cl)c2ccccc2)cn1. The molecule has 2 aromatic carbocycles. The summed E-state index contributed by atoms with van der Waals surface area (Å²) in [5.41, 5.74) is 1.79. The second-order valence-corrected chi connectivity index (χ2v) is 7.38. The quantitative estimate of drug-likeness (QED) is 0.595. The normalized spacial score (nSPS) is 11.4. The Hall–Kier alpha value is -3.38. The highest BCUT2D eigenvalue weighted by molar-refractivity contribution is 6.33. The van der Waals surface area contributed by atoms with E-state index in [2.05, 4.69) is 15.6 Å². The number of amides is 2. The van der Waals surface area contributed by atoms with Gasteiger partial charge in [-0.3, -0.25) is 9.59 Å². The number of rotatable bonds is 7. The van der Waals surface area contributed by atoms with E-state index in [9.17, 15) is 9.59 Å². The highest BCUT2D eigenvalue weighted by Gasteiger charge is 2.20. The molecule has 30 heavy (non-hydrogen) atoms. The zero-order valence-electron chi connectivity index (χ0n) is 16.8. The third-order valence-corrected chi connectivity index (χ3v) is 4.83. The van der Waals surface area contributed by atoms with Crippen molar-refractivity contribution in [3.8, 4) is 0 Å². The lowest BCUT2D eigenvalue weighted by Crippen LogP contribution is -2.31. The highest BCUT2D eigenvalue weighted by atomic mass is 35.5. The maximum Gasteiger partial charge on any atom is 0.253 e. The van der Waals surface area contributed by atoms with Crippen LogP contribution in [-0.4, -0.2) is 30.9 Å². The van der Waals surface area contributed by atoms with Gasteiger partial charge in [0.2, 0.25) is 5.91 Å². The van der Waals surface area contributed by atoms with Gasteiger partial charge in [0.05, 0.1) is 34.9 Å². The smallest absolute Gasteiger partial charge is 0.253 e. The van der Waals surface area contributed by atoms with Gasteiger partial charge in [-0.1, -0.05) is 54.1 Å². The van der Waals surface area contributed by atoms with Gasteiger partial charge in [0.1, 0.15) is 5.82 Å². The van der Waals surface area contributed by atoms with Crippen molar-refractivity contribution in [1.82, 2.24) is 10.3 Å². The molecule has 0 saturated carbocycles. The van der Waals surface area contributed by atoms with Crippen LogP contribution in [0.1, 0.15) is 28.4 Å². The number of hydrogen-bond acceptors (Lipinski definition) is 4. The number of aromatic nitrogens is 1. The Morgan fingerprint density at radius 1 is 1.00 bits per heavy atom. The first-order valence-corrected chi connectivity index (χ1v) is 9.85. The Balaban J connectivity index is 1.73. The minimum Gasteiger partial charge on any atom is -0.363 e. The van der Waals surface area contributed by atoms with Gasteiger partial charge in [-0.15, -0.1) is 0 Å². The number of carbonyl (C=O) groups is 2. The van der Waals surface area contributed by atoms with Gasteiger partial charge in [-0.25, -0.2) is 4.98 Å². The minimum absolute atomic E-state index is 0.0651. The van der Waals surface area contributed by atoms with Crippen LogP contribution in [0.25, 0.3) is 0 Å². The predicted molar refractivity (Wildman–Crippen MR) is 120 cm³/mol. The van der Waals surface area contributed by atoms with E-state index < -0.39 is 6.04 Å². The lowest BCUT2D eigenvalue weighted by molar-refractivity contribution is -0.116. The average Bonchev–Trinajstić information content (AvgIpc) is 2.74. The predicted octanol–water partition coefficient (Wildman–Crippen LogP) is 4.30. The molecule has 0 radical (unpaired) electrons. The van der Waals surface area contributed by atoms with E-state index in [1.807, 2.05) is 55.4 Å². The highest BCUT2D eigenvalue weighted by Crippen LogP contribution is 2.21. The van der Waals surface area contributed by atoms with Crippen LogP contribution in [0.15, 0.2) is 72.9 Å². The van der Waals surface area contributed by atoms with Crippen molar-refractivity contribution in [3.63, 3.8) is 0 Å². The first kappa shape index (κ1) is 21.3. The first-order valence-electron chi connectivity index (χ1n) is 9.47. The molecule has 154 valence electrons. The Morgan fingerprint density at radius 2 is 1.70 bits per heavy atom. The van der Waals surface area contributed by atoms with Crippen LogP contribution in [0.2, 0.25) is 5.02 Å². The number of carbonyl (C=O) groups excluding carboxylic acids is 2. The van der Waals surface area contributed by atoms with Gasteiger partial charge < -0.3 is 15.5 Å². The molecule has 0 saturated heterocycles. The third kappa shape index (κ3) is 5.58. The summed E-state index contributed by atoms with van der Waals surface area (Å²) in [6.45, 7) is 0. The van der Waals surface area contributed by atoms with E-state index >= 15 is 0 Å². The fourth-order valence-corrected chi connectivity index (χ4v) is 3.16. The molecule has 1 heterocycles. The van der Waals surface area contributed by atoms with E-state index in [1.165, 1.54) is 0 Å². The van der Waals surface area contributed by atoms with E-state index in [-0.39, 0.29) is 18.2 Å². The van der Waals surface area contributed by atoms with Crippen molar-refractivity contribution in [2.75, 3.05) is 24.3 Å². The molecule has 0 aliphatic carbocycles. The van der Waals surface area contributed by atoms with Crippen LogP contribution in [0.4, 0.5) is 11.5 Å². The van der Waals surface area contributed by atoms with Crippen LogP contribution in [0, 0.1) is 0 Å². The van der Waals surface area contributed by atoms with Crippen LogP contribution < -0.4 is 15.5 Å². The molecule has 1 unspecified atom stereocenters. The van der Waals surface area contributed by atoms with Gasteiger partial charge in [-0.05, 0) is 29.8 Å². The topological polar surface area (TPSA) is 74.3 Å². The lowest BCUT2D eigenvalue weighted by atomic mass is 10.0. The molecule has 0 aliphatic heterocycles. The van der Waals surface area contributed by atoms with Gasteiger partial charge in [0, 0.05) is 14.1 Å². The van der Waals surface area contributed by atoms with Gasteiger partial charge >= 0.3 is 0 Å². The van der Waals surface area contributed by atoms with Crippen LogP contribution in [0.3, 0.4) is 0 Å². The molecule has 0 bridgehead atoms. The minimum atomic E-state index is -0.510. The summed E-state index contributed by atoms with van der Waals surface area (Å²) in [5, 5.41) is 6.12. The lowest BCUT2D eigenvalue weighted by Gasteiger charge is -2.19. The Labute approximate surface area is 180 Å².